The third-order valence-electron chi connectivity index (χ3n) is 5.42. The molecule has 172 valence electrons. The Morgan fingerprint density at radius 2 is 1.94 bits per heavy atom. The number of ether oxygens (including phenoxy) is 1. The summed E-state index contributed by atoms with van der Waals surface area (Å²) in [7, 11) is 1.58. The molecule has 0 unspecified atom stereocenters. The van der Waals surface area contributed by atoms with Crippen LogP contribution in [0.5, 0.6) is 5.75 Å². The third kappa shape index (κ3) is 4.22. The van der Waals surface area contributed by atoms with Crippen LogP contribution in [-0.2, 0) is 11.3 Å². The highest BCUT2D eigenvalue weighted by atomic mass is 35.5. The number of fused-ring (bicyclic) bond motifs is 3. The maximum absolute atomic E-state index is 12.8. The van der Waals surface area contributed by atoms with Gasteiger partial charge in [-0.05, 0) is 31.2 Å². The largest absolute Gasteiger partial charge is 0.495 e. The lowest BCUT2D eigenvalue weighted by molar-refractivity contribution is -0.113. The standard InChI is InChI=1S/C25H21ClN4O3S/c1-3-30-24(15-7-6-8-16(26)11-15)28-29-25(30)34-14-23(31)27-19-13-21-18(12-22(19)32-2)17-9-4-5-10-20(17)33-21/h4-13H,3,14H2,1-2H3,(H,27,31). The number of nitrogens with one attached hydrogen (secondary N) is 1. The fourth-order valence-electron chi connectivity index (χ4n) is 3.86. The van der Waals surface area contributed by atoms with Crippen LogP contribution in [0.3, 0.4) is 0 Å². The number of nitrogens with zero attached hydrogens (tertiary/aromatic N) is 3. The van der Waals surface area contributed by atoms with Crippen LogP contribution in [0.1, 0.15) is 6.92 Å². The third-order valence-corrected chi connectivity index (χ3v) is 6.62. The topological polar surface area (TPSA) is 82.2 Å². The summed E-state index contributed by atoms with van der Waals surface area (Å²) in [5.41, 5.74) is 2.90. The van der Waals surface area contributed by atoms with Gasteiger partial charge in [0.2, 0.25) is 5.91 Å². The van der Waals surface area contributed by atoms with Crippen LogP contribution in [0.4, 0.5) is 5.69 Å². The number of anilines is 1. The van der Waals surface area contributed by atoms with Crippen molar-refractivity contribution in [1.29, 1.82) is 0 Å². The molecule has 5 rings (SSSR count). The minimum Gasteiger partial charge on any atom is -0.495 e. The van der Waals surface area contributed by atoms with Crippen molar-refractivity contribution < 1.29 is 13.9 Å². The van der Waals surface area contributed by atoms with E-state index in [4.69, 9.17) is 20.8 Å². The molecule has 0 fully saturated rings. The van der Waals surface area contributed by atoms with Gasteiger partial charge < -0.3 is 19.0 Å². The lowest BCUT2D eigenvalue weighted by Crippen LogP contribution is -2.15. The molecule has 3 aromatic carbocycles. The molecular formula is C25H21ClN4O3S. The molecule has 1 N–H and O–H groups in total. The highest BCUT2D eigenvalue weighted by Crippen LogP contribution is 2.36. The summed E-state index contributed by atoms with van der Waals surface area (Å²) >= 11 is 7.45. The van der Waals surface area contributed by atoms with Crippen molar-refractivity contribution in [3.05, 3.63) is 65.7 Å². The molecule has 7 nitrogen and oxygen atoms in total. The lowest BCUT2D eigenvalue weighted by atomic mass is 10.1. The van der Waals surface area contributed by atoms with Gasteiger partial charge in [-0.1, -0.05) is 53.7 Å². The number of aromatic nitrogens is 3. The quantitative estimate of drug-likeness (QED) is 0.270. The van der Waals surface area contributed by atoms with Crippen molar-refractivity contribution in [1.82, 2.24) is 14.8 Å². The molecule has 1 amide bonds. The van der Waals surface area contributed by atoms with E-state index in [0.717, 1.165) is 21.9 Å². The van der Waals surface area contributed by atoms with E-state index >= 15 is 0 Å². The van der Waals surface area contributed by atoms with E-state index in [1.807, 2.05) is 66.1 Å². The Labute approximate surface area is 205 Å². The molecule has 9 heteroatoms. The number of rotatable bonds is 7. The number of carbonyl (C=O) groups excluding carboxylic acids is 1. The molecule has 0 spiro atoms. The van der Waals surface area contributed by atoms with E-state index in [-0.39, 0.29) is 11.7 Å². The van der Waals surface area contributed by atoms with Crippen LogP contribution in [0.2, 0.25) is 5.02 Å². The fourth-order valence-corrected chi connectivity index (χ4v) is 4.85. The minimum absolute atomic E-state index is 0.162. The van der Waals surface area contributed by atoms with Gasteiger partial charge >= 0.3 is 0 Å². The molecule has 0 saturated carbocycles. The van der Waals surface area contributed by atoms with E-state index in [0.29, 0.717) is 39.6 Å². The number of thioether (sulfide) groups is 1. The van der Waals surface area contributed by atoms with Crippen molar-refractivity contribution in [2.45, 2.75) is 18.6 Å². The maximum Gasteiger partial charge on any atom is 0.234 e. The second-order valence-corrected chi connectivity index (χ2v) is 8.92. The van der Waals surface area contributed by atoms with Gasteiger partial charge in [0.05, 0.1) is 18.6 Å². The minimum atomic E-state index is -0.186. The number of hydrogen-bond acceptors (Lipinski definition) is 6. The Balaban J connectivity index is 1.34. The Morgan fingerprint density at radius 3 is 2.74 bits per heavy atom. The molecule has 0 aliphatic carbocycles. The predicted octanol–water partition coefficient (Wildman–Crippen LogP) is 6.26. The molecule has 0 radical (unpaired) electrons. The first kappa shape index (κ1) is 22.3. The summed E-state index contributed by atoms with van der Waals surface area (Å²) in [6, 6.07) is 18.9. The van der Waals surface area contributed by atoms with Crippen LogP contribution >= 0.6 is 23.4 Å². The van der Waals surface area contributed by atoms with Crippen LogP contribution in [-0.4, -0.2) is 33.5 Å². The normalized spacial score (nSPS) is 11.3. The van der Waals surface area contributed by atoms with Crippen molar-refractivity contribution in [3.8, 4) is 17.1 Å². The number of benzene rings is 3. The van der Waals surface area contributed by atoms with Gasteiger partial charge in [0.1, 0.15) is 16.9 Å². The van der Waals surface area contributed by atoms with Crippen molar-refractivity contribution in [3.63, 3.8) is 0 Å². The SMILES string of the molecule is CCn1c(SCC(=O)Nc2cc3oc4ccccc4c3cc2OC)nnc1-c1cccc(Cl)c1. The molecule has 0 aliphatic rings. The highest BCUT2D eigenvalue weighted by Gasteiger charge is 2.17. The zero-order valence-electron chi connectivity index (χ0n) is 18.5. The number of halogens is 1. The predicted molar refractivity (Wildman–Crippen MR) is 136 cm³/mol. The maximum atomic E-state index is 12.8. The second kappa shape index (κ2) is 9.40. The number of amides is 1. The van der Waals surface area contributed by atoms with Gasteiger partial charge in [0.25, 0.3) is 0 Å². The first-order chi connectivity index (χ1) is 16.6. The van der Waals surface area contributed by atoms with Crippen molar-refractivity contribution >= 4 is 56.9 Å². The number of para-hydroxylation sites is 1. The van der Waals surface area contributed by atoms with Crippen LogP contribution in [0.15, 0.2) is 70.2 Å². The molecule has 0 saturated heterocycles. The Morgan fingerprint density at radius 1 is 1.09 bits per heavy atom. The Kier molecular flexibility index (Phi) is 6.17. The van der Waals surface area contributed by atoms with Crippen molar-refractivity contribution in [2.75, 3.05) is 18.2 Å². The van der Waals surface area contributed by atoms with Crippen LogP contribution < -0.4 is 10.1 Å². The van der Waals surface area contributed by atoms with Gasteiger partial charge in [0, 0.05) is 34.0 Å². The van der Waals surface area contributed by atoms with E-state index in [1.54, 1.807) is 13.2 Å². The summed E-state index contributed by atoms with van der Waals surface area (Å²) in [6.45, 7) is 2.67. The molecule has 2 heterocycles. The van der Waals surface area contributed by atoms with Crippen LogP contribution in [0, 0.1) is 0 Å². The summed E-state index contributed by atoms with van der Waals surface area (Å²) in [5.74, 6) is 1.26. The molecule has 0 bridgehead atoms. The molecule has 34 heavy (non-hydrogen) atoms. The monoisotopic (exact) mass is 492 g/mol. The van der Waals surface area contributed by atoms with Gasteiger partial charge in [-0.25, -0.2) is 0 Å². The summed E-state index contributed by atoms with van der Waals surface area (Å²) in [5, 5.41) is 14.8. The molecular weight excluding hydrogens is 472 g/mol. The molecule has 0 aliphatic heterocycles. The van der Waals surface area contributed by atoms with E-state index in [9.17, 15) is 4.79 Å². The zero-order valence-corrected chi connectivity index (χ0v) is 20.1. The molecule has 2 aromatic heterocycles. The Bertz CT molecular complexity index is 1510. The fraction of sp³-hybridized carbons (Fsp3) is 0.160. The van der Waals surface area contributed by atoms with E-state index in [1.165, 1.54) is 11.8 Å². The van der Waals surface area contributed by atoms with Gasteiger partial charge in [-0.3, -0.25) is 4.79 Å². The first-order valence-electron chi connectivity index (χ1n) is 10.7. The van der Waals surface area contributed by atoms with Gasteiger partial charge in [0.15, 0.2) is 11.0 Å². The second-order valence-electron chi connectivity index (χ2n) is 7.54. The van der Waals surface area contributed by atoms with Gasteiger partial charge in [-0.2, -0.15) is 0 Å². The first-order valence-corrected chi connectivity index (χ1v) is 12.0. The van der Waals surface area contributed by atoms with Crippen molar-refractivity contribution in [2.24, 2.45) is 0 Å². The summed E-state index contributed by atoms with van der Waals surface area (Å²) in [6.07, 6.45) is 0. The number of furan rings is 1. The van der Waals surface area contributed by atoms with Crippen LogP contribution in [0.25, 0.3) is 33.3 Å². The summed E-state index contributed by atoms with van der Waals surface area (Å²) < 4.78 is 13.4. The van der Waals surface area contributed by atoms with E-state index < -0.39 is 0 Å². The zero-order chi connectivity index (χ0) is 23.7. The lowest BCUT2D eigenvalue weighted by Gasteiger charge is -2.11. The average Bonchev–Trinajstić information content (AvgIpc) is 3.42. The highest BCUT2D eigenvalue weighted by molar-refractivity contribution is 7.99. The molecule has 0 atom stereocenters. The number of carbonyl (C=O) groups is 1. The van der Waals surface area contributed by atoms with Gasteiger partial charge in [-0.15, -0.1) is 10.2 Å². The number of hydrogen-bond donors (Lipinski definition) is 1. The average molecular weight is 493 g/mol. The number of methoxy groups -OCH3 is 1. The molecule has 5 aromatic rings. The summed E-state index contributed by atoms with van der Waals surface area (Å²) in [4.78, 5) is 12.8. The Hall–Kier alpha value is -3.49. The smallest absolute Gasteiger partial charge is 0.234 e. The van der Waals surface area contributed by atoms with E-state index in [2.05, 4.69) is 15.5 Å².